The van der Waals surface area contributed by atoms with E-state index in [2.05, 4.69) is 15.5 Å². The topological polar surface area (TPSA) is 85.8 Å². The van der Waals surface area contributed by atoms with E-state index >= 15 is 0 Å². The number of nitrogens with one attached hydrogen (secondary N) is 1. The van der Waals surface area contributed by atoms with Gasteiger partial charge in [-0.15, -0.1) is 0 Å². The maximum absolute atomic E-state index is 11.7. The van der Waals surface area contributed by atoms with Crippen molar-refractivity contribution in [3.63, 3.8) is 0 Å². The Bertz CT molecular complexity index is 520. The number of amides is 1. The van der Waals surface area contributed by atoms with Crippen molar-refractivity contribution in [3.05, 3.63) is 36.7 Å². The summed E-state index contributed by atoms with van der Waals surface area (Å²) in [5.41, 5.74) is 7.09. The summed E-state index contributed by atoms with van der Waals surface area (Å²) < 4.78 is 0. The van der Waals surface area contributed by atoms with Gasteiger partial charge in [0.05, 0.1) is 18.1 Å². The van der Waals surface area contributed by atoms with E-state index in [1.807, 2.05) is 31.2 Å². The highest BCUT2D eigenvalue weighted by molar-refractivity contribution is 5.90. The van der Waals surface area contributed by atoms with E-state index in [1.54, 1.807) is 12.4 Å². The number of hydrogen-bond donors (Lipinski definition) is 2. The van der Waals surface area contributed by atoms with Gasteiger partial charge < -0.3 is 11.1 Å². The molecule has 0 bridgehead atoms. The number of anilines is 1. The first kappa shape index (κ1) is 13.2. The molecule has 1 amide bonds. The lowest BCUT2D eigenvalue weighted by molar-refractivity contribution is -0.116. The van der Waals surface area contributed by atoms with Gasteiger partial charge in [0.15, 0.2) is 0 Å². The summed E-state index contributed by atoms with van der Waals surface area (Å²) in [6, 6.07) is 7.34. The van der Waals surface area contributed by atoms with Crippen molar-refractivity contribution >= 4 is 11.6 Å². The molecule has 2 rings (SSSR count). The molecule has 6 nitrogen and oxygen atoms in total. The molecule has 2 aromatic rings. The minimum Gasteiger partial charge on any atom is -0.330 e. The SMILES string of the molecule is CC(CN)CC(=O)Nc1ccc(-n2nccn2)cc1. The van der Waals surface area contributed by atoms with E-state index in [4.69, 9.17) is 5.73 Å². The summed E-state index contributed by atoms with van der Waals surface area (Å²) >= 11 is 0. The fourth-order valence-corrected chi connectivity index (χ4v) is 1.64. The van der Waals surface area contributed by atoms with Crippen LogP contribution in [0.2, 0.25) is 0 Å². The number of aromatic nitrogens is 3. The highest BCUT2D eigenvalue weighted by atomic mass is 16.1. The molecule has 0 fully saturated rings. The Kier molecular flexibility index (Phi) is 4.25. The van der Waals surface area contributed by atoms with Crippen LogP contribution in [0.5, 0.6) is 0 Å². The van der Waals surface area contributed by atoms with Crippen molar-refractivity contribution in [2.24, 2.45) is 11.7 Å². The second-order valence-corrected chi connectivity index (χ2v) is 4.46. The molecule has 0 aliphatic rings. The fraction of sp³-hybridized carbons (Fsp3) is 0.308. The maximum atomic E-state index is 11.7. The number of hydrogen-bond acceptors (Lipinski definition) is 4. The lowest BCUT2D eigenvalue weighted by Gasteiger charge is -2.09. The average Bonchev–Trinajstić information content (AvgIpc) is 2.93. The minimum atomic E-state index is -0.0251. The van der Waals surface area contributed by atoms with Crippen molar-refractivity contribution < 1.29 is 4.79 Å². The van der Waals surface area contributed by atoms with Gasteiger partial charge in [0.1, 0.15) is 0 Å². The molecule has 1 aromatic heterocycles. The van der Waals surface area contributed by atoms with Gasteiger partial charge in [-0.05, 0) is 36.7 Å². The molecule has 0 spiro atoms. The van der Waals surface area contributed by atoms with Gasteiger partial charge in [-0.3, -0.25) is 4.79 Å². The average molecular weight is 259 g/mol. The third kappa shape index (κ3) is 3.62. The fourth-order valence-electron chi connectivity index (χ4n) is 1.64. The first-order valence-electron chi connectivity index (χ1n) is 6.15. The van der Waals surface area contributed by atoms with Crippen LogP contribution < -0.4 is 11.1 Å². The van der Waals surface area contributed by atoms with Crippen molar-refractivity contribution in [3.8, 4) is 5.69 Å². The summed E-state index contributed by atoms with van der Waals surface area (Å²) in [5.74, 6) is 0.162. The molecule has 0 saturated heterocycles. The van der Waals surface area contributed by atoms with E-state index < -0.39 is 0 Å². The highest BCUT2D eigenvalue weighted by Crippen LogP contribution is 2.12. The summed E-state index contributed by atoms with van der Waals surface area (Å²) in [5, 5.41) is 10.9. The quantitative estimate of drug-likeness (QED) is 0.844. The molecular formula is C13H17N5O. The van der Waals surface area contributed by atoms with Gasteiger partial charge in [-0.1, -0.05) is 6.92 Å². The van der Waals surface area contributed by atoms with E-state index in [9.17, 15) is 4.79 Å². The third-order valence-electron chi connectivity index (χ3n) is 2.74. The van der Waals surface area contributed by atoms with Crippen LogP contribution in [0.3, 0.4) is 0 Å². The lowest BCUT2D eigenvalue weighted by atomic mass is 10.1. The van der Waals surface area contributed by atoms with Crippen LogP contribution in [-0.4, -0.2) is 27.4 Å². The molecule has 3 N–H and O–H groups in total. The molecule has 0 aliphatic heterocycles. The molecule has 0 aliphatic carbocycles. The third-order valence-corrected chi connectivity index (χ3v) is 2.74. The number of nitrogens with two attached hydrogens (primary N) is 1. The lowest BCUT2D eigenvalue weighted by Crippen LogP contribution is -2.20. The molecule has 1 aromatic carbocycles. The second kappa shape index (κ2) is 6.10. The maximum Gasteiger partial charge on any atom is 0.224 e. The van der Waals surface area contributed by atoms with Crippen LogP contribution >= 0.6 is 0 Å². The summed E-state index contributed by atoms with van der Waals surface area (Å²) in [4.78, 5) is 13.2. The number of carbonyl (C=O) groups is 1. The van der Waals surface area contributed by atoms with Crippen LogP contribution in [-0.2, 0) is 4.79 Å². The Morgan fingerprint density at radius 2 is 1.95 bits per heavy atom. The number of benzene rings is 1. The second-order valence-electron chi connectivity index (χ2n) is 4.46. The van der Waals surface area contributed by atoms with E-state index in [1.165, 1.54) is 4.80 Å². The van der Waals surface area contributed by atoms with Crippen LogP contribution in [0.15, 0.2) is 36.7 Å². The number of rotatable bonds is 5. The Hall–Kier alpha value is -2.21. The van der Waals surface area contributed by atoms with Crippen LogP contribution in [0.25, 0.3) is 5.69 Å². The van der Waals surface area contributed by atoms with Gasteiger partial charge in [0.25, 0.3) is 0 Å². The predicted octanol–water partition coefficient (Wildman–Crippen LogP) is 1.19. The Morgan fingerprint density at radius 3 is 2.53 bits per heavy atom. The van der Waals surface area contributed by atoms with Crippen molar-refractivity contribution in [1.29, 1.82) is 0 Å². The Labute approximate surface area is 111 Å². The molecular weight excluding hydrogens is 242 g/mol. The van der Waals surface area contributed by atoms with Gasteiger partial charge in [0.2, 0.25) is 5.91 Å². The number of nitrogens with zero attached hydrogens (tertiary/aromatic N) is 3. The van der Waals surface area contributed by atoms with Crippen molar-refractivity contribution in [2.75, 3.05) is 11.9 Å². The van der Waals surface area contributed by atoms with Crippen LogP contribution in [0.4, 0.5) is 5.69 Å². The first-order valence-corrected chi connectivity index (χ1v) is 6.15. The van der Waals surface area contributed by atoms with Gasteiger partial charge >= 0.3 is 0 Å². The molecule has 19 heavy (non-hydrogen) atoms. The van der Waals surface area contributed by atoms with E-state index in [-0.39, 0.29) is 11.8 Å². The smallest absolute Gasteiger partial charge is 0.224 e. The van der Waals surface area contributed by atoms with Gasteiger partial charge in [-0.25, -0.2) is 0 Å². The zero-order valence-electron chi connectivity index (χ0n) is 10.8. The predicted molar refractivity (Wildman–Crippen MR) is 72.8 cm³/mol. The molecule has 0 radical (unpaired) electrons. The van der Waals surface area contributed by atoms with E-state index in [0.29, 0.717) is 13.0 Å². The van der Waals surface area contributed by atoms with Gasteiger partial charge in [-0.2, -0.15) is 15.0 Å². The molecule has 1 unspecified atom stereocenters. The van der Waals surface area contributed by atoms with Crippen LogP contribution in [0, 0.1) is 5.92 Å². The first-order chi connectivity index (χ1) is 9.19. The zero-order valence-corrected chi connectivity index (χ0v) is 10.8. The Morgan fingerprint density at radius 1 is 1.32 bits per heavy atom. The Balaban J connectivity index is 1.97. The summed E-state index contributed by atoms with van der Waals surface area (Å²) in [6.45, 7) is 2.46. The van der Waals surface area contributed by atoms with E-state index in [0.717, 1.165) is 11.4 Å². The van der Waals surface area contributed by atoms with Crippen molar-refractivity contribution in [2.45, 2.75) is 13.3 Å². The zero-order chi connectivity index (χ0) is 13.7. The largest absolute Gasteiger partial charge is 0.330 e. The molecule has 1 heterocycles. The minimum absolute atomic E-state index is 0.0251. The summed E-state index contributed by atoms with van der Waals surface area (Å²) in [7, 11) is 0. The molecule has 1 atom stereocenters. The van der Waals surface area contributed by atoms with Crippen molar-refractivity contribution in [1.82, 2.24) is 15.0 Å². The molecule has 100 valence electrons. The molecule has 0 saturated carbocycles. The summed E-state index contributed by atoms with van der Waals surface area (Å²) in [6.07, 6.45) is 3.66. The number of carbonyl (C=O) groups excluding carboxylic acids is 1. The normalized spacial score (nSPS) is 12.1. The monoisotopic (exact) mass is 259 g/mol. The standard InChI is InChI=1S/C13H17N5O/c1-10(9-14)8-13(19)17-11-2-4-12(5-3-11)18-15-6-7-16-18/h2-7,10H,8-9,14H2,1H3,(H,17,19). The van der Waals surface area contributed by atoms with Crippen LogP contribution in [0.1, 0.15) is 13.3 Å². The molecule has 6 heteroatoms. The van der Waals surface area contributed by atoms with Gasteiger partial charge in [0, 0.05) is 12.1 Å². The highest BCUT2D eigenvalue weighted by Gasteiger charge is 2.07.